The number of amides is 1. The van der Waals surface area contributed by atoms with E-state index in [-0.39, 0.29) is 6.61 Å². The van der Waals surface area contributed by atoms with Gasteiger partial charge in [0, 0.05) is 0 Å². The van der Waals surface area contributed by atoms with Crippen LogP contribution < -0.4 is 5.32 Å². The zero-order valence-corrected chi connectivity index (χ0v) is 10.5. The molecule has 1 amide bonds. The molecule has 0 fully saturated rings. The van der Waals surface area contributed by atoms with E-state index in [1.807, 2.05) is 37.3 Å². The number of hydrogen-bond donors (Lipinski definition) is 1. The highest BCUT2D eigenvalue weighted by Crippen LogP contribution is 2.02. The Balaban J connectivity index is 2.30. The van der Waals surface area contributed by atoms with Gasteiger partial charge in [-0.15, -0.1) is 0 Å². The molecule has 0 aliphatic rings. The largest absolute Gasteiger partial charge is 0.445 e. The third-order valence-electron chi connectivity index (χ3n) is 2.49. The van der Waals surface area contributed by atoms with Gasteiger partial charge in [0.1, 0.15) is 6.61 Å². The molecule has 1 radical (unpaired) electrons. The number of carbonyl (C=O) groups is 1. The van der Waals surface area contributed by atoms with Crippen molar-refractivity contribution in [3.8, 4) is 0 Å². The van der Waals surface area contributed by atoms with Gasteiger partial charge in [-0.05, 0) is 12.0 Å². The number of benzene rings is 1. The van der Waals surface area contributed by atoms with Gasteiger partial charge < -0.3 is 10.1 Å². The van der Waals surface area contributed by atoms with E-state index in [1.165, 1.54) is 0 Å². The molecule has 0 aliphatic heterocycles. The van der Waals surface area contributed by atoms with Crippen LogP contribution in [-0.4, -0.2) is 18.4 Å². The number of rotatable bonds is 7. The van der Waals surface area contributed by atoms with Crippen molar-refractivity contribution in [3.63, 3.8) is 0 Å². The summed E-state index contributed by atoms with van der Waals surface area (Å²) in [6, 6.07) is 8.81. The molecular weight excluding hydrogens is 230 g/mol. The number of unbranched alkanes of at least 4 members (excludes halogenated alkanes) is 1. The number of carbonyl (C=O) groups excluding carboxylic acids is 2. The van der Waals surface area contributed by atoms with Crippen LogP contribution in [0.4, 0.5) is 4.79 Å². The SMILES string of the molecule is CCCCC([C]=O)NC(=O)OCc1ccccc1. The van der Waals surface area contributed by atoms with Crippen LogP contribution in [0.15, 0.2) is 30.3 Å². The molecule has 1 N–H and O–H groups in total. The lowest BCUT2D eigenvalue weighted by Gasteiger charge is -2.11. The van der Waals surface area contributed by atoms with Crippen LogP contribution in [0, 0.1) is 0 Å². The van der Waals surface area contributed by atoms with Gasteiger partial charge in [-0.3, -0.25) is 4.79 Å². The lowest BCUT2D eigenvalue weighted by atomic mass is 10.1. The van der Waals surface area contributed by atoms with Gasteiger partial charge in [-0.25, -0.2) is 4.79 Å². The molecule has 0 saturated carbocycles. The third kappa shape index (κ3) is 5.48. The highest BCUT2D eigenvalue weighted by atomic mass is 16.5. The molecule has 1 rings (SSSR count). The Morgan fingerprint density at radius 2 is 2.11 bits per heavy atom. The first-order valence-corrected chi connectivity index (χ1v) is 6.11. The second-order valence-corrected chi connectivity index (χ2v) is 4.02. The highest BCUT2D eigenvalue weighted by Gasteiger charge is 2.12. The Morgan fingerprint density at radius 1 is 1.39 bits per heavy atom. The van der Waals surface area contributed by atoms with Crippen LogP contribution in [0.2, 0.25) is 0 Å². The summed E-state index contributed by atoms with van der Waals surface area (Å²) in [6.45, 7) is 2.22. The first-order chi connectivity index (χ1) is 8.76. The minimum absolute atomic E-state index is 0.200. The summed E-state index contributed by atoms with van der Waals surface area (Å²) in [5.41, 5.74) is 0.910. The fraction of sp³-hybridized carbons (Fsp3) is 0.429. The summed E-state index contributed by atoms with van der Waals surface area (Å²) in [5.74, 6) is 0. The molecule has 1 aromatic rings. The Morgan fingerprint density at radius 3 is 2.72 bits per heavy atom. The van der Waals surface area contributed by atoms with Crippen molar-refractivity contribution in [1.29, 1.82) is 0 Å². The fourth-order valence-corrected chi connectivity index (χ4v) is 1.48. The average molecular weight is 248 g/mol. The molecule has 4 heteroatoms. The van der Waals surface area contributed by atoms with Crippen molar-refractivity contribution >= 4 is 12.4 Å². The molecule has 0 aliphatic carbocycles. The van der Waals surface area contributed by atoms with Crippen LogP contribution in [0.5, 0.6) is 0 Å². The van der Waals surface area contributed by atoms with Gasteiger partial charge in [0.05, 0.1) is 6.04 Å². The van der Waals surface area contributed by atoms with Gasteiger partial charge in [0.15, 0.2) is 0 Å². The van der Waals surface area contributed by atoms with Gasteiger partial charge in [0.2, 0.25) is 6.29 Å². The number of hydrogen-bond acceptors (Lipinski definition) is 3. The van der Waals surface area contributed by atoms with Crippen LogP contribution in [0.1, 0.15) is 31.7 Å². The fourth-order valence-electron chi connectivity index (χ4n) is 1.48. The van der Waals surface area contributed by atoms with Crippen molar-refractivity contribution in [2.45, 2.75) is 38.8 Å². The molecule has 0 heterocycles. The maximum absolute atomic E-state index is 11.4. The summed E-state index contributed by atoms with van der Waals surface area (Å²) < 4.78 is 5.01. The van der Waals surface area contributed by atoms with Crippen LogP contribution >= 0.6 is 0 Å². The van der Waals surface area contributed by atoms with Gasteiger partial charge in [0.25, 0.3) is 0 Å². The van der Waals surface area contributed by atoms with E-state index in [1.54, 1.807) is 6.29 Å². The van der Waals surface area contributed by atoms with Crippen molar-refractivity contribution in [2.24, 2.45) is 0 Å². The van der Waals surface area contributed by atoms with Crippen molar-refractivity contribution in [1.82, 2.24) is 5.32 Å². The zero-order chi connectivity index (χ0) is 13.2. The zero-order valence-electron chi connectivity index (χ0n) is 10.5. The Kier molecular flexibility index (Phi) is 6.54. The molecule has 0 spiro atoms. The Labute approximate surface area is 107 Å². The van der Waals surface area contributed by atoms with Gasteiger partial charge >= 0.3 is 6.09 Å². The first-order valence-electron chi connectivity index (χ1n) is 6.11. The number of nitrogens with one attached hydrogen (secondary N) is 1. The second-order valence-electron chi connectivity index (χ2n) is 4.02. The monoisotopic (exact) mass is 248 g/mol. The lowest BCUT2D eigenvalue weighted by Crippen LogP contribution is -2.36. The van der Waals surface area contributed by atoms with Crippen LogP contribution in [0.25, 0.3) is 0 Å². The minimum Gasteiger partial charge on any atom is -0.445 e. The molecular formula is C14H18NO3. The van der Waals surface area contributed by atoms with E-state index >= 15 is 0 Å². The first kappa shape index (κ1) is 14.2. The molecule has 97 valence electrons. The van der Waals surface area contributed by atoms with Crippen LogP contribution in [0.3, 0.4) is 0 Å². The molecule has 1 atom stereocenters. The minimum atomic E-state index is -0.580. The predicted molar refractivity (Wildman–Crippen MR) is 68.8 cm³/mol. The average Bonchev–Trinajstić information content (AvgIpc) is 2.42. The molecule has 0 bridgehead atoms. The molecule has 4 nitrogen and oxygen atoms in total. The maximum Gasteiger partial charge on any atom is 0.408 e. The summed E-state index contributed by atoms with van der Waals surface area (Å²) in [4.78, 5) is 22.1. The smallest absolute Gasteiger partial charge is 0.408 e. The summed E-state index contributed by atoms with van der Waals surface area (Å²) in [6.07, 6.45) is 3.67. The van der Waals surface area contributed by atoms with E-state index < -0.39 is 12.1 Å². The normalized spacial score (nSPS) is 11.6. The Hall–Kier alpha value is -1.84. The van der Waals surface area contributed by atoms with E-state index in [2.05, 4.69) is 5.32 Å². The van der Waals surface area contributed by atoms with E-state index in [0.29, 0.717) is 6.42 Å². The Bertz CT molecular complexity index is 365. The maximum atomic E-state index is 11.4. The third-order valence-corrected chi connectivity index (χ3v) is 2.49. The van der Waals surface area contributed by atoms with Crippen molar-refractivity contribution in [2.75, 3.05) is 0 Å². The number of ether oxygens (including phenoxy) is 1. The topological polar surface area (TPSA) is 55.4 Å². The van der Waals surface area contributed by atoms with E-state index in [0.717, 1.165) is 18.4 Å². The van der Waals surface area contributed by atoms with E-state index in [9.17, 15) is 9.59 Å². The van der Waals surface area contributed by atoms with Crippen molar-refractivity contribution in [3.05, 3.63) is 35.9 Å². The van der Waals surface area contributed by atoms with Gasteiger partial charge in [-0.2, -0.15) is 0 Å². The molecule has 1 aromatic carbocycles. The predicted octanol–water partition coefficient (Wildman–Crippen LogP) is 2.58. The quantitative estimate of drug-likeness (QED) is 0.806. The molecule has 0 aromatic heterocycles. The summed E-state index contributed by atoms with van der Waals surface area (Å²) in [7, 11) is 0. The summed E-state index contributed by atoms with van der Waals surface area (Å²) >= 11 is 0. The van der Waals surface area contributed by atoms with E-state index in [4.69, 9.17) is 4.74 Å². The highest BCUT2D eigenvalue weighted by molar-refractivity contribution is 5.73. The molecule has 18 heavy (non-hydrogen) atoms. The second kappa shape index (κ2) is 8.28. The molecule has 0 saturated heterocycles. The molecule has 1 unspecified atom stereocenters. The van der Waals surface area contributed by atoms with Crippen LogP contribution in [-0.2, 0) is 16.1 Å². The summed E-state index contributed by atoms with van der Waals surface area (Å²) in [5, 5.41) is 2.49. The standard InChI is InChI=1S/C14H18NO3/c1-2-3-9-13(10-16)15-14(17)18-11-12-7-5-4-6-8-12/h4-8,13H,2-3,9,11H2,1H3,(H,15,17). The number of alkyl carbamates (subject to hydrolysis) is 1. The van der Waals surface area contributed by atoms with Gasteiger partial charge in [-0.1, -0.05) is 50.1 Å². The lowest BCUT2D eigenvalue weighted by molar-refractivity contribution is 0.137. The van der Waals surface area contributed by atoms with Crippen molar-refractivity contribution < 1.29 is 14.3 Å².